The number of carbonyl (C=O) groups is 2. The van der Waals surface area contributed by atoms with Crippen LogP contribution in [0, 0.1) is 0 Å². The highest BCUT2D eigenvalue weighted by Gasteiger charge is 2.13. The first-order valence-corrected chi connectivity index (χ1v) is 14.6. The summed E-state index contributed by atoms with van der Waals surface area (Å²) in [5, 5.41) is 0. The highest BCUT2D eigenvalue weighted by atomic mass is 16.5. The van der Waals surface area contributed by atoms with Crippen LogP contribution in [0.25, 0.3) is 11.1 Å². The van der Waals surface area contributed by atoms with Crippen molar-refractivity contribution in [2.24, 2.45) is 0 Å². The molecule has 4 N–H and O–H groups in total. The first-order valence-electron chi connectivity index (χ1n) is 14.6. The highest BCUT2D eigenvalue weighted by molar-refractivity contribution is 5.80. The molecular formula is C32H48N2O4. The van der Waals surface area contributed by atoms with Gasteiger partial charge in [-0.1, -0.05) is 103 Å². The summed E-state index contributed by atoms with van der Waals surface area (Å²) in [6.07, 6.45) is 16.7. The number of hydrogen-bond donors (Lipinski definition) is 2. The van der Waals surface area contributed by atoms with E-state index < -0.39 is 0 Å². The predicted molar refractivity (Wildman–Crippen MR) is 157 cm³/mol. The van der Waals surface area contributed by atoms with Gasteiger partial charge in [0, 0.05) is 12.8 Å². The summed E-state index contributed by atoms with van der Waals surface area (Å²) in [7, 11) is 0. The summed E-state index contributed by atoms with van der Waals surface area (Å²) in [6, 6.07) is 10.6. The molecule has 0 saturated heterocycles. The second-order valence-electron chi connectivity index (χ2n) is 10.2. The zero-order valence-electron chi connectivity index (χ0n) is 23.6. The Bertz CT molecular complexity index is 910. The molecule has 0 aliphatic rings. The number of ether oxygens (including phenoxy) is 2. The molecule has 2 aromatic carbocycles. The van der Waals surface area contributed by atoms with Gasteiger partial charge in [-0.3, -0.25) is 9.59 Å². The van der Waals surface area contributed by atoms with Crippen LogP contribution < -0.4 is 20.9 Å². The van der Waals surface area contributed by atoms with Crippen LogP contribution in [0.3, 0.4) is 0 Å². The second-order valence-corrected chi connectivity index (χ2v) is 10.2. The van der Waals surface area contributed by atoms with Gasteiger partial charge in [0.15, 0.2) is 11.5 Å². The van der Waals surface area contributed by atoms with E-state index in [-0.39, 0.29) is 11.9 Å². The van der Waals surface area contributed by atoms with Crippen LogP contribution in [-0.4, -0.2) is 11.9 Å². The summed E-state index contributed by atoms with van der Waals surface area (Å²) in [6.45, 7) is 4.41. The van der Waals surface area contributed by atoms with Crippen molar-refractivity contribution in [2.45, 2.75) is 117 Å². The number of unbranched alkanes of at least 4 members (excludes halogenated alkanes) is 12. The lowest BCUT2D eigenvalue weighted by molar-refractivity contribution is -0.135. The highest BCUT2D eigenvalue weighted by Crippen LogP contribution is 2.33. The Morgan fingerprint density at radius 3 is 1.26 bits per heavy atom. The van der Waals surface area contributed by atoms with E-state index in [1.165, 1.54) is 51.4 Å². The van der Waals surface area contributed by atoms with Crippen LogP contribution >= 0.6 is 0 Å². The average molecular weight is 525 g/mol. The number of rotatable bonds is 19. The van der Waals surface area contributed by atoms with Crippen molar-refractivity contribution in [2.75, 3.05) is 11.5 Å². The molecule has 0 aliphatic heterocycles. The van der Waals surface area contributed by atoms with Gasteiger partial charge in [-0.25, -0.2) is 0 Å². The summed E-state index contributed by atoms with van der Waals surface area (Å²) in [5.74, 6) is 0.119. The van der Waals surface area contributed by atoms with Gasteiger partial charge in [0.2, 0.25) is 0 Å². The van der Waals surface area contributed by atoms with Crippen LogP contribution in [0.4, 0.5) is 11.4 Å². The van der Waals surface area contributed by atoms with Crippen molar-refractivity contribution in [3.63, 3.8) is 0 Å². The van der Waals surface area contributed by atoms with Gasteiger partial charge < -0.3 is 20.9 Å². The second kappa shape index (κ2) is 18.3. The molecule has 210 valence electrons. The summed E-state index contributed by atoms with van der Waals surface area (Å²) in [5.41, 5.74) is 14.6. The lowest BCUT2D eigenvalue weighted by Crippen LogP contribution is -2.09. The monoisotopic (exact) mass is 524 g/mol. The number of nitrogen functional groups attached to an aromatic ring is 2. The molecular weight excluding hydrogens is 476 g/mol. The maximum atomic E-state index is 12.4. The van der Waals surface area contributed by atoms with Gasteiger partial charge in [-0.05, 0) is 48.2 Å². The Morgan fingerprint density at radius 2 is 0.895 bits per heavy atom. The third kappa shape index (κ3) is 12.0. The van der Waals surface area contributed by atoms with Crippen LogP contribution in [0.1, 0.15) is 117 Å². The van der Waals surface area contributed by atoms with Gasteiger partial charge in [0.05, 0.1) is 11.4 Å². The molecule has 0 unspecified atom stereocenters. The molecule has 0 spiro atoms. The first-order chi connectivity index (χ1) is 18.4. The van der Waals surface area contributed by atoms with Crippen molar-refractivity contribution in [3.05, 3.63) is 36.4 Å². The van der Waals surface area contributed by atoms with E-state index in [0.717, 1.165) is 49.7 Å². The molecule has 6 nitrogen and oxygen atoms in total. The Morgan fingerprint density at radius 1 is 0.553 bits per heavy atom. The van der Waals surface area contributed by atoms with E-state index >= 15 is 0 Å². The van der Waals surface area contributed by atoms with Crippen molar-refractivity contribution in [3.8, 4) is 22.6 Å². The molecule has 0 aromatic heterocycles. The van der Waals surface area contributed by atoms with Gasteiger partial charge in [0.1, 0.15) is 0 Å². The molecule has 0 fully saturated rings. The van der Waals surface area contributed by atoms with Crippen LogP contribution in [0.15, 0.2) is 36.4 Å². The molecule has 38 heavy (non-hydrogen) atoms. The van der Waals surface area contributed by atoms with Crippen molar-refractivity contribution < 1.29 is 19.1 Å². The molecule has 0 bridgehead atoms. The minimum Gasteiger partial charge on any atom is -0.424 e. The largest absolute Gasteiger partial charge is 0.424 e. The summed E-state index contributed by atoms with van der Waals surface area (Å²) < 4.78 is 11.2. The van der Waals surface area contributed by atoms with E-state index in [4.69, 9.17) is 20.9 Å². The van der Waals surface area contributed by atoms with Gasteiger partial charge in [-0.15, -0.1) is 0 Å². The summed E-state index contributed by atoms with van der Waals surface area (Å²) in [4.78, 5) is 24.8. The quantitative estimate of drug-likeness (QED) is 0.0825. The average Bonchev–Trinajstić information content (AvgIpc) is 2.90. The van der Waals surface area contributed by atoms with Gasteiger partial charge in [-0.2, -0.15) is 0 Å². The predicted octanol–water partition coefficient (Wildman–Crippen LogP) is 8.61. The molecule has 0 saturated carbocycles. The maximum Gasteiger partial charge on any atom is 0.311 e. The van der Waals surface area contributed by atoms with Gasteiger partial charge >= 0.3 is 11.9 Å². The van der Waals surface area contributed by atoms with E-state index in [1.807, 2.05) is 12.1 Å². The molecule has 6 heteroatoms. The minimum absolute atomic E-state index is 0.278. The Labute approximate surface area is 229 Å². The fourth-order valence-electron chi connectivity index (χ4n) is 4.40. The normalized spacial score (nSPS) is 10.9. The minimum atomic E-state index is -0.278. The van der Waals surface area contributed by atoms with Crippen molar-refractivity contribution in [1.29, 1.82) is 0 Å². The van der Waals surface area contributed by atoms with Crippen molar-refractivity contribution >= 4 is 23.3 Å². The molecule has 0 amide bonds. The molecule has 0 aliphatic carbocycles. The van der Waals surface area contributed by atoms with Crippen LogP contribution in [0.5, 0.6) is 11.5 Å². The number of benzene rings is 2. The van der Waals surface area contributed by atoms with Crippen LogP contribution in [-0.2, 0) is 9.59 Å². The summed E-state index contributed by atoms with van der Waals surface area (Å²) >= 11 is 0. The fourth-order valence-corrected chi connectivity index (χ4v) is 4.40. The zero-order valence-corrected chi connectivity index (χ0v) is 23.6. The smallest absolute Gasteiger partial charge is 0.311 e. The molecule has 0 heterocycles. The zero-order chi connectivity index (χ0) is 27.6. The third-order valence-corrected chi connectivity index (χ3v) is 6.78. The van der Waals surface area contributed by atoms with E-state index in [9.17, 15) is 9.59 Å². The third-order valence-electron chi connectivity index (χ3n) is 6.78. The Kier molecular flexibility index (Phi) is 15.0. The van der Waals surface area contributed by atoms with E-state index in [0.29, 0.717) is 35.7 Å². The molecule has 0 radical (unpaired) electrons. The van der Waals surface area contributed by atoms with Crippen molar-refractivity contribution in [1.82, 2.24) is 0 Å². The number of anilines is 2. The fraction of sp³-hybridized carbons (Fsp3) is 0.562. The first kappa shape index (κ1) is 31.2. The number of carbonyl (C=O) groups excluding carboxylic acids is 2. The van der Waals surface area contributed by atoms with E-state index in [2.05, 4.69) is 13.8 Å². The standard InChI is InChI=1S/C32H48N2O4/c1-3-5-7-9-11-13-15-17-31(35)37-29-23-25(19-21-27(29)33)26-20-22-28(34)30(24-26)38-32(36)18-16-14-12-10-8-6-4-2/h19-24H,3-18,33-34H2,1-2H3. The Hall–Kier alpha value is -3.02. The van der Waals surface area contributed by atoms with E-state index in [1.54, 1.807) is 24.3 Å². The lowest BCUT2D eigenvalue weighted by Gasteiger charge is -2.12. The topological polar surface area (TPSA) is 105 Å². The number of hydrogen-bond acceptors (Lipinski definition) is 6. The molecule has 2 rings (SSSR count). The SMILES string of the molecule is CCCCCCCCCC(=O)Oc1cc(-c2ccc(N)c(OC(=O)CCCCCCCCC)c2)ccc1N. The molecule has 2 aromatic rings. The van der Waals surface area contributed by atoms with Gasteiger partial charge in [0.25, 0.3) is 0 Å². The van der Waals surface area contributed by atoms with Crippen LogP contribution in [0.2, 0.25) is 0 Å². The number of esters is 2. The Balaban J connectivity index is 1.89. The number of nitrogens with two attached hydrogens (primary N) is 2. The lowest BCUT2D eigenvalue weighted by atomic mass is 10.0. The molecule has 0 atom stereocenters. The maximum absolute atomic E-state index is 12.4.